The van der Waals surface area contributed by atoms with E-state index in [-0.39, 0.29) is 5.95 Å². The van der Waals surface area contributed by atoms with E-state index in [2.05, 4.69) is 29.0 Å². The topological polar surface area (TPSA) is 73.9 Å². The van der Waals surface area contributed by atoms with Crippen LogP contribution < -0.4 is 10.5 Å². The minimum atomic E-state index is 0.119. The molecule has 3 aromatic rings. The van der Waals surface area contributed by atoms with Crippen LogP contribution in [0.4, 0.5) is 5.95 Å². The highest BCUT2D eigenvalue weighted by molar-refractivity contribution is 5.65. The lowest BCUT2D eigenvalue weighted by Crippen LogP contribution is -2.03. The second-order valence-electron chi connectivity index (χ2n) is 5.48. The molecule has 2 aromatic carbocycles. The molecule has 0 aliphatic heterocycles. The number of hydrogen-bond donors (Lipinski definition) is 1. The van der Waals surface area contributed by atoms with Gasteiger partial charge in [0.15, 0.2) is 0 Å². The smallest absolute Gasteiger partial charge is 0.265 e. The van der Waals surface area contributed by atoms with Crippen molar-refractivity contribution in [2.45, 2.75) is 19.8 Å². The minimum Gasteiger partial charge on any atom is -0.436 e. The van der Waals surface area contributed by atoms with Gasteiger partial charge in [0.2, 0.25) is 5.95 Å². The van der Waals surface area contributed by atoms with Crippen molar-refractivity contribution in [2.24, 2.45) is 0 Å². The molecule has 1 heterocycles. The van der Waals surface area contributed by atoms with Gasteiger partial charge in [0, 0.05) is 5.56 Å². The lowest BCUT2D eigenvalue weighted by atomic mass is 10.0. The lowest BCUT2D eigenvalue weighted by molar-refractivity contribution is 0.446. The molecular formula is C18H18N4O. The molecule has 0 saturated carbocycles. The molecule has 0 saturated heterocycles. The molecule has 0 atom stereocenters. The first-order chi connectivity index (χ1) is 11.1. The normalized spacial score (nSPS) is 10.7. The van der Waals surface area contributed by atoms with Crippen LogP contribution in [-0.4, -0.2) is 15.2 Å². The van der Waals surface area contributed by atoms with E-state index in [1.807, 2.05) is 54.6 Å². The standard InChI is InChI=1S/C18H18N4O/c1-12(2)14-10-6-7-11-15(14)23-17-16(20-18(19)22-21-17)13-8-4-3-5-9-13/h3-12H,1-2H3,(H2,19,20,22). The van der Waals surface area contributed by atoms with Gasteiger partial charge in [-0.15, -0.1) is 10.2 Å². The molecule has 23 heavy (non-hydrogen) atoms. The van der Waals surface area contributed by atoms with E-state index >= 15 is 0 Å². The van der Waals surface area contributed by atoms with Gasteiger partial charge in [0.1, 0.15) is 11.4 Å². The molecule has 0 spiro atoms. The third-order valence-electron chi connectivity index (χ3n) is 3.47. The largest absolute Gasteiger partial charge is 0.436 e. The number of ether oxygens (including phenoxy) is 1. The summed E-state index contributed by atoms with van der Waals surface area (Å²) < 4.78 is 6.02. The van der Waals surface area contributed by atoms with E-state index in [9.17, 15) is 0 Å². The summed E-state index contributed by atoms with van der Waals surface area (Å²) in [5.41, 5.74) is 8.26. The molecule has 0 fully saturated rings. The van der Waals surface area contributed by atoms with Crippen molar-refractivity contribution >= 4 is 5.95 Å². The fourth-order valence-corrected chi connectivity index (χ4v) is 2.34. The van der Waals surface area contributed by atoms with Crippen LogP contribution >= 0.6 is 0 Å². The summed E-state index contributed by atoms with van der Waals surface area (Å²) in [5, 5.41) is 7.92. The van der Waals surface area contributed by atoms with E-state index < -0.39 is 0 Å². The summed E-state index contributed by atoms with van der Waals surface area (Å²) in [6, 6.07) is 17.6. The maximum Gasteiger partial charge on any atom is 0.265 e. The molecule has 0 aliphatic carbocycles. The van der Waals surface area contributed by atoms with Crippen molar-refractivity contribution < 1.29 is 4.74 Å². The summed E-state index contributed by atoms with van der Waals surface area (Å²) in [4.78, 5) is 4.29. The number of aromatic nitrogens is 3. The first kappa shape index (κ1) is 15.0. The Morgan fingerprint density at radius 2 is 1.61 bits per heavy atom. The predicted molar refractivity (Wildman–Crippen MR) is 90.3 cm³/mol. The van der Waals surface area contributed by atoms with Crippen molar-refractivity contribution in [2.75, 3.05) is 5.73 Å². The van der Waals surface area contributed by atoms with Gasteiger partial charge in [-0.25, -0.2) is 4.98 Å². The lowest BCUT2D eigenvalue weighted by Gasteiger charge is -2.14. The summed E-state index contributed by atoms with van der Waals surface area (Å²) >= 11 is 0. The molecule has 0 amide bonds. The van der Waals surface area contributed by atoms with Crippen LogP contribution in [0.3, 0.4) is 0 Å². The maximum atomic E-state index is 6.02. The second kappa shape index (κ2) is 6.44. The molecule has 0 bridgehead atoms. The Hall–Kier alpha value is -2.95. The van der Waals surface area contributed by atoms with Gasteiger partial charge >= 0.3 is 0 Å². The van der Waals surface area contributed by atoms with Crippen LogP contribution in [-0.2, 0) is 0 Å². The van der Waals surface area contributed by atoms with E-state index in [1.165, 1.54) is 0 Å². The summed E-state index contributed by atoms with van der Waals surface area (Å²) in [5.74, 6) is 1.55. The Labute approximate surface area is 135 Å². The third-order valence-corrected chi connectivity index (χ3v) is 3.47. The zero-order valence-corrected chi connectivity index (χ0v) is 13.1. The van der Waals surface area contributed by atoms with Crippen LogP contribution in [0, 0.1) is 0 Å². The number of para-hydroxylation sites is 1. The first-order valence-corrected chi connectivity index (χ1v) is 7.47. The number of nitrogen functional groups attached to an aromatic ring is 1. The van der Waals surface area contributed by atoms with Crippen LogP contribution in [0.15, 0.2) is 54.6 Å². The molecule has 0 radical (unpaired) electrons. The number of benzene rings is 2. The average Bonchev–Trinajstić information content (AvgIpc) is 2.57. The Kier molecular flexibility index (Phi) is 4.19. The van der Waals surface area contributed by atoms with Crippen LogP contribution in [0.1, 0.15) is 25.3 Å². The van der Waals surface area contributed by atoms with Gasteiger partial charge in [-0.05, 0) is 17.5 Å². The van der Waals surface area contributed by atoms with Gasteiger partial charge in [-0.2, -0.15) is 0 Å². The van der Waals surface area contributed by atoms with Gasteiger partial charge in [-0.3, -0.25) is 0 Å². The first-order valence-electron chi connectivity index (χ1n) is 7.47. The Morgan fingerprint density at radius 3 is 2.35 bits per heavy atom. The Balaban J connectivity index is 2.05. The fraction of sp³-hybridized carbons (Fsp3) is 0.167. The molecule has 2 N–H and O–H groups in total. The SMILES string of the molecule is CC(C)c1ccccc1Oc1nnc(N)nc1-c1ccccc1. The number of nitrogens with zero attached hydrogens (tertiary/aromatic N) is 3. The Bertz CT molecular complexity index is 803. The summed E-state index contributed by atoms with van der Waals surface area (Å²) in [6.45, 7) is 4.24. The van der Waals surface area contributed by atoms with Gasteiger partial charge in [0.25, 0.3) is 5.88 Å². The van der Waals surface area contributed by atoms with Crippen LogP contribution in [0.25, 0.3) is 11.3 Å². The quantitative estimate of drug-likeness (QED) is 0.787. The molecule has 3 rings (SSSR count). The second-order valence-corrected chi connectivity index (χ2v) is 5.48. The van der Waals surface area contributed by atoms with Gasteiger partial charge in [-0.1, -0.05) is 62.4 Å². The zero-order valence-electron chi connectivity index (χ0n) is 13.1. The molecule has 0 unspecified atom stereocenters. The van der Waals surface area contributed by atoms with E-state index in [4.69, 9.17) is 10.5 Å². The number of anilines is 1. The average molecular weight is 306 g/mol. The molecule has 0 aliphatic rings. The summed E-state index contributed by atoms with van der Waals surface area (Å²) in [7, 11) is 0. The van der Waals surface area contributed by atoms with Crippen molar-refractivity contribution in [1.82, 2.24) is 15.2 Å². The molecule has 116 valence electrons. The number of rotatable bonds is 4. The van der Waals surface area contributed by atoms with Crippen molar-refractivity contribution in [3.8, 4) is 22.9 Å². The van der Waals surface area contributed by atoms with E-state index in [1.54, 1.807) is 0 Å². The predicted octanol–water partition coefficient (Wildman–Crippen LogP) is 4.04. The Morgan fingerprint density at radius 1 is 0.913 bits per heavy atom. The number of nitrogens with two attached hydrogens (primary N) is 1. The van der Waals surface area contributed by atoms with Crippen LogP contribution in [0.2, 0.25) is 0 Å². The highest BCUT2D eigenvalue weighted by atomic mass is 16.5. The van der Waals surface area contributed by atoms with E-state index in [0.29, 0.717) is 17.5 Å². The van der Waals surface area contributed by atoms with E-state index in [0.717, 1.165) is 16.9 Å². The monoisotopic (exact) mass is 306 g/mol. The van der Waals surface area contributed by atoms with Crippen LogP contribution in [0.5, 0.6) is 11.6 Å². The van der Waals surface area contributed by atoms with Crippen molar-refractivity contribution in [3.05, 3.63) is 60.2 Å². The zero-order chi connectivity index (χ0) is 16.2. The highest BCUT2D eigenvalue weighted by Crippen LogP contribution is 2.33. The fourth-order valence-electron chi connectivity index (χ4n) is 2.34. The van der Waals surface area contributed by atoms with Gasteiger partial charge < -0.3 is 10.5 Å². The maximum absolute atomic E-state index is 6.02. The third kappa shape index (κ3) is 3.29. The van der Waals surface area contributed by atoms with Gasteiger partial charge in [0.05, 0.1) is 0 Å². The minimum absolute atomic E-state index is 0.119. The van der Waals surface area contributed by atoms with Crippen molar-refractivity contribution in [1.29, 1.82) is 0 Å². The molecule has 5 nitrogen and oxygen atoms in total. The highest BCUT2D eigenvalue weighted by Gasteiger charge is 2.15. The molecule has 5 heteroatoms. The number of hydrogen-bond acceptors (Lipinski definition) is 5. The molecular weight excluding hydrogens is 288 g/mol. The summed E-state index contributed by atoms with van der Waals surface area (Å²) in [6.07, 6.45) is 0. The molecule has 1 aromatic heterocycles. The van der Waals surface area contributed by atoms with Crippen molar-refractivity contribution in [3.63, 3.8) is 0 Å².